The van der Waals surface area contributed by atoms with Gasteiger partial charge in [-0.25, -0.2) is 14.3 Å². The van der Waals surface area contributed by atoms with Crippen LogP contribution in [-0.4, -0.2) is 11.8 Å². The molecule has 0 atom stereocenters. The molecule has 0 unspecified atom stereocenters. The molecule has 0 bridgehead atoms. The van der Waals surface area contributed by atoms with E-state index in [1.165, 1.54) is 0 Å². The maximum absolute atomic E-state index is 13.0. The average molecular weight is 269 g/mol. The first-order valence-corrected chi connectivity index (χ1v) is 6.40. The normalized spacial score (nSPS) is 19.1. The Morgan fingerprint density at radius 1 is 1.26 bits per heavy atom. The molecule has 104 valence electrons. The fourth-order valence-corrected chi connectivity index (χ4v) is 2.15. The van der Waals surface area contributed by atoms with Crippen LogP contribution in [-0.2, 0) is 16.2 Å². The van der Waals surface area contributed by atoms with E-state index in [0.717, 1.165) is 5.56 Å². The van der Waals surface area contributed by atoms with E-state index in [1.807, 2.05) is 30.3 Å². The molecule has 2 rings (SSSR count). The number of hydroxylamine groups is 1. The van der Waals surface area contributed by atoms with Crippen molar-refractivity contribution in [1.29, 1.82) is 0 Å². The second kappa shape index (κ2) is 6.10. The molecule has 1 aliphatic rings. The molecule has 1 aromatic rings. The first-order chi connectivity index (χ1) is 9.07. The van der Waals surface area contributed by atoms with E-state index in [1.54, 1.807) is 0 Å². The molecule has 19 heavy (non-hydrogen) atoms. The zero-order valence-electron chi connectivity index (χ0n) is 10.6. The van der Waals surface area contributed by atoms with Gasteiger partial charge in [0.15, 0.2) is 0 Å². The molecule has 0 aromatic heterocycles. The molecule has 1 saturated carbocycles. The number of benzene rings is 1. The number of alkyl halides is 2. The number of rotatable bonds is 4. The van der Waals surface area contributed by atoms with Crippen LogP contribution >= 0.6 is 0 Å². The van der Waals surface area contributed by atoms with Crippen molar-refractivity contribution < 1.29 is 18.4 Å². The number of amides is 1. The predicted octanol–water partition coefficient (Wildman–Crippen LogP) is 3.06. The van der Waals surface area contributed by atoms with Crippen LogP contribution in [0.2, 0.25) is 0 Å². The van der Waals surface area contributed by atoms with Crippen molar-refractivity contribution in [3.05, 3.63) is 35.9 Å². The number of carbonyl (C=O) groups is 1. The van der Waals surface area contributed by atoms with E-state index >= 15 is 0 Å². The van der Waals surface area contributed by atoms with E-state index in [2.05, 4.69) is 5.48 Å². The van der Waals surface area contributed by atoms with Gasteiger partial charge in [0, 0.05) is 18.8 Å². The van der Waals surface area contributed by atoms with Gasteiger partial charge in [-0.2, -0.15) is 0 Å². The second-order valence-corrected chi connectivity index (χ2v) is 4.87. The topological polar surface area (TPSA) is 38.3 Å². The molecule has 1 N–H and O–H groups in total. The second-order valence-electron chi connectivity index (χ2n) is 4.87. The zero-order valence-corrected chi connectivity index (χ0v) is 10.6. The highest BCUT2D eigenvalue weighted by molar-refractivity contribution is 5.77. The van der Waals surface area contributed by atoms with E-state index in [-0.39, 0.29) is 44.1 Å². The Balaban J connectivity index is 1.70. The van der Waals surface area contributed by atoms with Crippen LogP contribution in [0.4, 0.5) is 8.78 Å². The van der Waals surface area contributed by atoms with Crippen molar-refractivity contribution in [3.63, 3.8) is 0 Å². The monoisotopic (exact) mass is 269 g/mol. The third kappa shape index (κ3) is 4.28. The zero-order chi connectivity index (χ0) is 13.7. The summed E-state index contributed by atoms with van der Waals surface area (Å²) in [6.07, 6.45) is -0.00535. The van der Waals surface area contributed by atoms with Gasteiger partial charge in [-0.3, -0.25) is 9.63 Å². The van der Waals surface area contributed by atoms with Gasteiger partial charge in [-0.05, 0) is 18.4 Å². The molecule has 0 aliphatic heterocycles. The van der Waals surface area contributed by atoms with Crippen molar-refractivity contribution in [2.45, 2.75) is 38.2 Å². The molecule has 0 saturated heterocycles. The van der Waals surface area contributed by atoms with Crippen LogP contribution in [0.5, 0.6) is 0 Å². The van der Waals surface area contributed by atoms with E-state index in [4.69, 9.17) is 4.84 Å². The standard InChI is InChI=1S/C14H17F2NO2/c15-14(16)8-6-12(7-9-14)13(18)17-19-10-11-4-2-1-3-5-11/h1-5,12H,6-10H2,(H,17,18). The maximum Gasteiger partial charge on any atom is 0.248 e. The minimum absolute atomic E-state index is 0.216. The average Bonchev–Trinajstić information content (AvgIpc) is 2.39. The van der Waals surface area contributed by atoms with Crippen molar-refractivity contribution in [3.8, 4) is 0 Å². The molecule has 1 aliphatic carbocycles. The van der Waals surface area contributed by atoms with Crippen LogP contribution in [0, 0.1) is 5.92 Å². The molecule has 3 nitrogen and oxygen atoms in total. The maximum atomic E-state index is 13.0. The fraction of sp³-hybridized carbons (Fsp3) is 0.500. The Labute approximate surface area is 110 Å². The summed E-state index contributed by atoms with van der Waals surface area (Å²) < 4.78 is 25.9. The van der Waals surface area contributed by atoms with Gasteiger partial charge in [0.05, 0.1) is 6.61 Å². The van der Waals surface area contributed by atoms with Gasteiger partial charge in [0.2, 0.25) is 11.8 Å². The molecule has 0 heterocycles. The molecule has 1 aromatic carbocycles. The number of halogens is 2. The highest BCUT2D eigenvalue weighted by Gasteiger charge is 2.37. The Morgan fingerprint density at radius 2 is 1.89 bits per heavy atom. The Bertz CT molecular complexity index is 413. The molecule has 1 fully saturated rings. The van der Waals surface area contributed by atoms with Crippen LogP contribution < -0.4 is 5.48 Å². The van der Waals surface area contributed by atoms with E-state index in [0.29, 0.717) is 0 Å². The lowest BCUT2D eigenvalue weighted by atomic mass is 9.86. The van der Waals surface area contributed by atoms with Gasteiger partial charge in [-0.15, -0.1) is 0 Å². The summed E-state index contributed by atoms with van der Waals surface area (Å²) in [5, 5.41) is 0. The summed E-state index contributed by atoms with van der Waals surface area (Å²) >= 11 is 0. The number of hydrogen-bond acceptors (Lipinski definition) is 2. The molecule has 0 radical (unpaired) electrons. The number of nitrogens with one attached hydrogen (secondary N) is 1. The van der Waals surface area contributed by atoms with Crippen molar-refractivity contribution in [2.24, 2.45) is 5.92 Å². The summed E-state index contributed by atoms with van der Waals surface area (Å²) in [7, 11) is 0. The third-order valence-electron chi connectivity index (χ3n) is 3.34. The third-order valence-corrected chi connectivity index (χ3v) is 3.34. The van der Waals surface area contributed by atoms with Gasteiger partial charge < -0.3 is 0 Å². The SMILES string of the molecule is O=C(NOCc1ccccc1)C1CCC(F)(F)CC1. The summed E-state index contributed by atoms with van der Waals surface area (Å²) in [5.41, 5.74) is 3.29. The van der Waals surface area contributed by atoms with Crippen molar-refractivity contribution >= 4 is 5.91 Å². The van der Waals surface area contributed by atoms with Gasteiger partial charge in [0.1, 0.15) is 0 Å². The first kappa shape index (κ1) is 13.9. The molecule has 5 heteroatoms. The van der Waals surface area contributed by atoms with Gasteiger partial charge in [-0.1, -0.05) is 30.3 Å². The Morgan fingerprint density at radius 3 is 2.53 bits per heavy atom. The molecule has 1 amide bonds. The summed E-state index contributed by atoms with van der Waals surface area (Å²) in [4.78, 5) is 16.8. The molecular formula is C14H17F2NO2. The van der Waals surface area contributed by atoms with Crippen molar-refractivity contribution in [1.82, 2.24) is 5.48 Å². The smallest absolute Gasteiger partial charge is 0.248 e. The summed E-state index contributed by atoms with van der Waals surface area (Å²) in [6, 6.07) is 9.42. The minimum atomic E-state index is -2.61. The lowest BCUT2D eigenvalue weighted by Gasteiger charge is -2.27. The quantitative estimate of drug-likeness (QED) is 0.853. The predicted molar refractivity (Wildman–Crippen MR) is 66.3 cm³/mol. The highest BCUT2D eigenvalue weighted by Crippen LogP contribution is 2.36. The lowest BCUT2D eigenvalue weighted by molar-refractivity contribution is -0.142. The van der Waals surface area contributed by atoms with Gasteiger partial charge >= 0.3 is 0 Å². The van der Waals surface area contributed by atoms with E-state index < -0.39 is 5.92 Å². The van der Waals surface area contributed by atoms with Crippen LogP contribution in [0.1, 0.15) is 31.2 Å². The summed E-state index contributed by atoms with van der Waals surface area (Å²) in [6.45, 7) is 0.273. The number of carbonyl (C=O) groups excluding carboxylic acids is 1. The molecule has 0 spiro atoms. The van der Waals surface area contributed by atoms with Crippen LogP contribution in [0.15, 0.2) is 30.3 Å². The Hall–Kier alpha value is -1.49. The highest BCUT2D eigenvalue weighted by atomic mass is 19.3. The first-order valence-electron chi connectivity index (χ1n) is 6.40. The van der Waals surface area contributed by atoms with E-state index in [9.17, 15) is 13.6 Å². The van der Waals surface area contributed by atoms with Crippen LogP contribution in [0.3, 0.4) is 0 Å². The van der Waals surface area contributed by atoms with Crippen LogP contribution in [0.25, 0.3) is 0 Å². The van der Waals surface area contributed by atoms with Gasteiger partial charge in [0.25, 0.3) is 0 Å². The Kier molecular flexibility index (Phi) is 4.47. The lowest BCUT2D eigenvalue weighted by Crippen LogP contribution is -2.35. The minimum Gasteiger partial charge on any atom is -0.273 e. The summed E-state index contributed by atoms with van der Waals surface area (Å²) in [5.74, 6) is -3.27. The van der Waals surface area contributed by atoms with Crippen molar-refractivity contribution in [2.75, 3.05) is 0 Å². The largest absolute Gasteiger partial charge is 0.273 e. The fourth-order valence-electron chi connectivity index (χ4n) is 2.15. The molecular weight excluding hydrogens is 252 g/mol. The number of hydrogen-bond donors (Lipinski definition) is 1.